The molecule has 2 aliphatic heterocycles. The van der Waals surface area contributed by atoms with Crippen LogP contribution in [0.1, 0.15) is 61.3 Å². The third kappa shape index (κ3) is 7.28. The first-order chi connectivity index (χ1) is 19.9. The van der Waals surface area contributed by atoms with Crippen molar-refractivity contribution in [3.63, 3.8) is 0 Å². The van der Waals surface area contributed by atoms with Crippen LogP contribution in [-0.4, -0.2) is 45.4 Å². The van der Waals surface area contributed by atoms with Gasteiger partial charge >= 0.3 is 0 Å². The number of amides is 1. The summed E-state index contributed by atoms with van der Waals surface area (Å²) in [4.78, 5) is 12.4. The second-order valence-corrected chi connectivity index (χ2v) is 11.5. The van der Waals surface area contributed by atoms with E-state index in [2.05, 4.69) is 66.9 Å². The molecule has 3 aromatic carbocycles. The predicted octanol–water partition coefficient (Wildman–Crippen LogP) is 5.96. The lowest BCUT2D eigenvalue weighted by atomic mass is 9.77. The summed E-state index contributed by atoms with van der Waals surface area (Å²) in [5, 5.41) is 6.59. The Morgan fingerprint density at radius 3 is 2.56 bits per heavy atom. The topological polar surface area (TPSA) is 78.1 Å². The van der Waals surface area contributed by atoms with Crippen LogP contribution in [0.25, 0.3) is 0 Å². The number of rotatable bonds is 12. The molecule has 7 heteroatoms. The molecular formula is C34H42N2O5. The van der Waals surface area contributed by atoms with Crippen LogP contribution in [0.4, 0.5) is 5.69 Å². The first-order valence-electron chi connectivity index (χ1n) is 14.6. The third-order valence-electron chi connectivity index (χ3n) is 8.09. The monoisotopic (exact) mass is 558 g/mol. The highest BCUT2D eigenvalue weighted by molar-refractivity contribution is 5.96. The number of benzene rings is 3. The van der Waals surface area contributed by atoms with Gasteiger partial charge in [0.1, 0.15) is 11.5 Å². The number of fused-ring (bicyclic) bond motifs is 1. The number of nitrogens with one attached hydrogen (secondary N) is 2. The van der Waals surface area contributed by atoms with Crippen LogP contribution in [0.3, 0.4) is 0 Å². The van der Waals surface area contributed by atoms with Crippen LogP contribution in [-0.2, 0) is 32.9 Å². The lowest BCUT2D eigenvalue weighted by Crippen LogP contribution is -2.41. The van der Waals surface area contributed by atoms with Gasteiger partial charge in [0.15, 0.2) is 0 Å². The fourth-order valence-corrected chi connectivity index (χ4v) is 5.86. The maximum absolute atomic E-state index is 12.4. The normalized spacial score (nSPS) is 19.7. The van der Waals surface area contributed by atoms with Crippen LogP contribution in [0.5, 0.6) is 11.5 Å². The number of ether oxygens (including phenoxy) is 4. The molecule has 3 aromatic rings. The molecule has 1 fully saturated rings. The largest absolute Gasteiger partial charge is 0.496 e. The van der Waals surface area contributed by atoms with Crippen molar-refractivity contribution in [1.29, 1.82) is 0 Å². The van der Waals surface area contributed by atoms with Crippen LogP contribution in [0, 0.1) is 0 Å². The Bertz CT molecular complexity index is 1310. The number of methoxy groups -OCH3 is 1. The number of anilines is 1. The van der Waals surface area contributed by atoms with E-state index >= 15 is 0 Å². The Hall–Kier alpha value is -3.39. The van der Waals surface area contributed by atoms with Crippen LogP contribution >= 0.6 is 0 Å². The molecule has 7 nitrogen and oxygen atoms in total. The van der Waals surface area contributed by atoms with Gasteiger partial charge in [-0.1, -0.05) is 62.4 Å². The standard InChI is InChI=1S/C34H42N2O5/c1-34(2)20-32(37)36-33-26(9-6-10-29(33)34)23-41-31-21-35-17-16-28(31)24-12-14-27(15-13-24)40-19-7-18-39-22-25-8-4-5-11-30(25)38-3/h4-6,8-15,28,31,35H,7,16-23H2,1-3H3,(H,36,37). The van der Waals surface area contributed by atoms with Crippen molar-refractivity contribution < 1.29 is 23.7 Å². The van der Waals surface area contributed by atoms with Gasteiger partial charge in [0.2, 0.25) is 5.91 Å². The van der Waals surface area contributed by atoms with E-state index in [1.807, 2.05) is 24.3 Å². The summed E-state index contributed by atoms with van der Waals surface area (Å²) in [5.74, 6) is 2.06. The molecule has 2 aliphatic rings. The average Bonchev–Trinajstić information content (AvgIpc) is 2.98. The smallest absolute Gasteiger partial charge is 0.225 e. The van der Waals surface area contributed by atoms with Crippen molar-refractivity contribution in [3.05, 3.63) is 89.0 Å². The van der Waals surface area contributed by atoms with Gasteiger partial charge < -0.3 is 29.6 Å². The Morgan fingerprint density at radius 2 is 1.73 bits per heavy atom. The molecule has 0 spiro atoms. The Balaban J connectivity index is 1.11. The first kappa shape index (κ1) is 29.1. The summed E-state index contributed by atoms with van der Waals surface area (Å²) in [7, 11) is 1.68. The molecule has 0 aromatic heterocycles. The number of carbonyl (C=O) groups is 1. The highest BCUT2D eigenvalue weighted by Crippen LogP contribution is 2.39. The van der Waals surface area contributed by atoms with E-state index in [0.717, 1.165) is 54.2 Å². The molecule has 1 saturated heterocycles. The Labute approximate surface area is 243 Å². The van der Waals surface area contributed by atoms with Crippen molar-refractivity contribution in [2.75, 3.05) is 38.7 Å². The lowest BCUT2D eigenvalue weighted by Gasteiger charge is -2.35. The molecule has 1 amide bonds. The summed E-state index contributed by atoms with van der Waals surface area (Å²) in [6.07, 6.45) is 2.35. The summed E-state index contributed by atoms with van der Waals surface area (Å²) < 4.78 is 23.7. The SMILES string of the molecule is COc1ccccc1COCCCOc1ccc(C2CCNCC2OCc2cccc3c2NC(=O)CC3(C)C)cc1. The number of para-hydroxylation sites is 2. The number of hydrogen-bond acceptors (Lipinski definition) is 6. The summed E-state index contributed by atoms with van der Waals surface area (Å²) in [6, 6.07) is 22.6. The van der Waals surface area contributed by atoms with Gasteiger partial charge in [0, 0.05) is 41.8 Å². The second-order valence-electron chi connectivity index (χ2n) is 11.5. The number of piperidine rings is 1. The van der Waals surface area contributed by atoms with Gasteiger partial charge in [-0.15, -0.1) is 0 Å². The van der Waals surface area contributed by atoms with E-state index < -0.39 is 0 Å². The molecule has 41 heavy (non-hydrogen) atoms. The molecule has 2 N–H and O–H groups in total. The molecular weight excluding hydrogens is 516 g/mol. The fraction of sp³-hybridized carbons (Fsp3) is 0.441. The zero-order valence-electron chi connectivity index (χ0n) is 24.4. The van der Waals surface area contributed by atoms with E-state index in [1.165, 1.54) is 11.1 Å². The summed E-state index contributed by atoms with van der Waals surface area (Å²) in [5.41, 5.74) is 5.24. The van der Waals surface area contributed by atoms with Crippen molar-refractivity contribution >= 4 is 11.6 Å². The van der Waals surface area contributed by atoms with Gasteiger partial charge in [-0.05, 0) is 42.3 Å². The van der Waals surface area contributed by atoms with E-state index in [1.54, 1.807) is 7.11 Å². The van der Waals surface area contributed by atoms with Gasteiger partial charge in [0.25, 0.3) is 0 Å². The average molecular weight is 559 g/mol. The van der Waals surface area contributed by atoms with Gasteiger partial charge in [-0.3, -0.25) is 4.79 Å². The minimum Gasteiger partial charge on any atom is -0.496 e. The molecule has 2 heterocycles. The molecule has 0 saturated carbocycles. The summed E-state index contributed by atoms with van der Waals surface area (Å²) in [6.45, 7) is 8.21. The molecule has 218 valence electrons. The van der Waals surface area contributed by atoms with Crippen LogP contribution in [0.2, 0.25) is 0 Å². The van der Waals surface area contributed by atoms with Crippen molar-refractivity contribution in [1.82, 2.24) is 5.32 Å². The number of carbonyl (C=O) groups excluding carboxylic acids is 1. The Morgan fingerprint density at radius 1 is 0.927 bits per heavy atom. The first-order valence-corrected chi connectivity index (χ1v) is 14.6. The van der Waals surface area contributed by atoms with Crippen molar-refractivity contribution in [2.24, 2.45) is 0 Å². The second kappa shape index (κ2) is 13.5. The molecule has 5 rings (SSSR count). The highest BCUT2D eigenvalue weighted by Gasteiger charge is 2.33. The molecule has 2 atom stereocenters. The van der Waals surface area contributed by atoms with Crippen LogP contribution < -0.4 is 20.1 Å². The van der Waals surface area contributed by atoms with Crippen molar-refractivity contribution in [2.45, 2.75) is 63.8 Å². The van der Waals surface area contributed by atoms with Crippen LogP contribution in [0.15, 0.2) is 66.7 Å². The van der Waals surface area contributed by atoms with Gasteiger partial charge in [0.05, 0.1) is 45.3 Å². The van der Waals surface area contributed by atoms with Gasteiger partial charge in [-0.25, -0.2) is 0 Å². The fourth-order valence-electron chi connectivity index (χ4n) is 5.86. The maximum Gasteiger partial charge on any atom is 0.225 e. The van der Waals surface area contributed by atoms with Crippen molar-refractivity contribution in [3.8, 4) is 11.5 Å². The lowest BCUT2D eigenvalue weighted by molar-refractivity contribution is -0.117. The minimum atomic E-state index is -0.185. The minimum absolute atomic E-state index is 0.0408. The summed E-state index contributed by atoms with van der Waals surface area (Å²) >= 11 is 0. The van der Waals surface area contributed by atoms with Gasteiger partial charge in [-0.2, -0.15) is 0 Å². The zero-order valence-corrected chi connectivity index (χ0v) is 24.4. The molecule has 2 unspecified atom stereocenters. The predicted molar refractivity (Wildman–Crippen MR) is 161 cm³/mol. The Kier molecular flexibility index (Phi) is 9.60. The molecule has 0 radical (unpaired) electrons. The molecule has 0 bridgehead atoms. The van der Waals surface area contributed by atoms with E-state index in [-0.39, 0.29) is 17.4 Å². The molecule has 0 aliphatic carbocycles. The third-order valence-corrected chi connectivity index (χ3v) is 8.09. The quantitative estimate of drug-likeness (QED) is 0.267. The maximum atomic E-state index is 12.4. The number of hydrogen-bond donors (Lipinski definition) is 2. The highest BCUT2D eigenvalue weighted by atomic mass is 16.5. The van der Waals surface area contributed by atoms with E-state index in [0.29, 0.717) is 38.8 Å². The van der Waals surface area contributed by atoms with E-state index in [9.17, 15) is 4.79 Å². The zero-order chi connectivity index (χ0) is 28.7. The van der Waals surface area contributed by atoms with E-state index in [4.69, 9.17) is 18.9 Å².